The van der Waals surface area contributed by atoms with E-state index in [2.05, 4.69) is 103 Å². The number of hydrogen-bond acceptors (Lipinski definition) is 3. The molecule has 8 rings (SSSR count). The quantitative estimate of drug-likeness (QED) is 0.235. The van der Waals surface area contributed by atoms with Crippen molar-refractivity contribution in [2.45, 2.75) is 0 Å². The van der Waals surface area contributed by atoms with Crippen molar-refractivity contribution in [1.29, 1.82) is 0 Å². The van der Waals surface area contributed by atoms with Crippen molar-refractivity contribution in [2.24, 2.45) is 0 Å². The molecular weight excluding hydrogens is 452 g/mol. The van der Waals surface area contributed by atoms with E-state index in [0.29, 0.717) is 5.82 Å². The zero-order chi connectivity index (χ0) is 24.3. The Hall–Kier alpha value is -5.02. The third kappa shape index (κ3) is 3.01. The van der Waals surface area contributed by atoms with Crippen LogP contribution in [-0.4, -0.2) is 9.97 Å². The number of aromatic nitrogens is 2. The number of furan rings is 1. The lowest BCUT2D eigenvalue weighted by Crippen LogP contribution is -1.96. The normalized spacial score (nSPS) is 11.8. The summed E-state index contributed by atoms with van der Waals surface area (Å²) >= 11 is 0. The van der Waals surface area contributed by atoms with Gasteiger partial charge in [-0.1, -0.05) is 103 Å². The van der Waals surface area contributed by atoms with E-state index in [1.54, 1.807) is 0 Å². The van der Waals surface area contributed by atoms with Gasteiger partial charge in [0.25, 0.3) is 0 Å². The Labute approximate surface area is 212 Å². The van der Waals surface area contributed by atoms with Crippen LogP contribution in [0.15, 0.2) is 126 Å². The molecule has 37 heavy (non-hydrogen) atoms. The first-order valence-electron chi connectivity index (χ1n) is 12.4. The van der Waals surface area contributed by atoms with Gasteiger partial charge in [-0.05, 0) is 34.4 Å². The fourth-order valence-electron chi connectivity index (χ4n) is 5.56. The van der Waals surface area contributed by atoms with E-state index in [1.165, 1.54) is 5.39 Å². The van der Waals surface area contributed by atoms with Crippen LogP contribution in [0.1, 0.15) is 0 Å². The van der Waals surface area contributed by atoms with Gasteiger partial charge in [-0.3, -0.25) is 0 Å². The molecule has 0 N–H and O–H groups in total. The SMILES string of the molecule is c1ccc(-c2nc(-c3cccc4c3ccc3c5ccccc5oc43)nc3ccc4ccccc4c23)cc1. The topological polar surface area (TPSA) is 38.9 Å². The fraction of sp³-hybridized carbons (Fsp3) is 0. The van der Waals surface area contributed by atoms with Gasteiger partial charge in [-0.2, -0.15) is 0 Å². The Morgan fingerprint density at radius 2 is 1.22 bits per heavy atom. The Morgan fingerprint density at radius 3 is 2.14 bits per heavy atom. The summed E-state index contributed by atoms with van der Waals surface area (Å²) in [4.78, 5) is 10.3. The van der Waals surface area contributed by atoms with Gasteiger partial charge in [-0.15, -0.1) is 0 Å². The first kappa shape index (κ1) is 20.2. The molecule has 6 aromatic carbocycles. The number of hydrogen-bond donors (Lipinski definition) is 0. The Balaban J connectivity index is 1.46. The first-order valence-corrected chi connectivity index (χ1v) is 12.4. The molecule has 0 saturated heterocycles. The average molecular weight is 473 g/mol. The van der Waals surface area contributed by atoms with Crippen LogP contribution in [0, 0.1) is 0 Å². The minimum Gasteiger partial charge on any atom is -0.455 e. The maximum absolute atomic E-state index is 6.33. The number of fused-ring (bicyclic) bond motifs is 8. The van der Waals surface area contributed by atoms with Crippen LogP contribution in [0.2, 0.25) is 0 Å². The second-order valence-electron chi connectivity index (χ2n) is 9.38. The van der Waals surface area contributed by atoms with E-state index in [-0.39, 0.29) is 0 Å². The van der Waals surface area contributed by atoms with Crippen molar-refractivity contribution >= 4 is 54.4 Å². The van der Waals surface area contributed by atoms with Gasteiger partial charge < -0.3 is 4.42 Å². The highest BCUT2D eigenvalue weighted by molar-refractivity contribution is 6.17. The standard InChI is InChI=1S/C34H20N2O/c1-2-10-22(11-3-1)32-31-23-12-5-4-9-21(23)17-20-29(31)35-34(36-32)28-15-8-14-26-24(28)18-19-27-25-13-6-7-16-30(25)37-33(26)27/h1-20H. The summed E-state index contributed by atoms with van der Waals surface area (Å²) in [5.74, 6) is 0.711. The van der Waals surface area contributed by atoms with Crippen molar-refractivity contribution in [2.75, 3.05) is 0 Å². The summed E-state index contributed by atoms with van der Waals surface area (Å²) < 4.78 is 6.33. The minimum atomic E-state index is 0.711. The summed E-state index contributed by atoms with van der Waals surface area (Å²) in [6.07, 6.45) is 0. The van der Waals surface area contributed by atoms with E-state index in [1.807, 2.05) is 18.2 Å². The smallest absolute Gasteiger partial charge is 0.161 e. The fourth-order valence-corrected chi connectivity index (χ4v) is 5.56. The number of nitrogens with zero attached hydrogens (tertiary/aromatic N) is 2. The molecule has 8 aromatic rings. The minimum absolute atomic E-state index is 0.711. The van der Waals surface area contributed by atoms with E-state index in [9.17, 15) is 0 Å². The highest BCUT2D eigenvalue weighted by atomic mass is 16.3. The van der Waals surface area contributed by atoms with Crippen LogP contribution in [0.25, 0.3) is 77.0 Å². The van der Waals surface area contributed by atoms with Crippen molar-refractivity contribution in [1.82, 2.24) is 9.97 Å². The lowest BCUT2D eigenvalue weighted by atomic mass is 9.98. The molecule has 0 spiro atoms. The zero-order valence-electron chi connectivity index (χ0n) is 19.8. The monoisotopic (exact) mass is 472 g/mol. The van der Waals surface area contributed by atoms with Gasteiger partial charge in [0.15, 0.2) is 5.82 Å². The maximum atomic E-state index is 6.33. The number of rotatable bonds is 2. The second kappa shape index (κ2) is 7.74. The Kier molecular flexibility index (Phi) is 4.23. The van der Waals surface area contributed by atoms with Crippen LogP contribution in [-0.2, 0) is 0 Å². The third-order valence-corrected chi connectivity index (χ3v) is 7.28. The molecule has 3 nitrogen and oxygen atoms in total. The van der Waals surface area contributed by atoms with Gasteiger partial charge in [0.05, 0.1) is 11.2 Å². The lowest BCUT2D eigenvalue weighted by Gasteiger charge is -2.13. The molecule has 3 heteroatoms. The van der Waals surface area contributed by atoms with Gasteiger partial charge >= 0.3 is 0 Å². The van der Waals surface area contributed by atoms with Gasteiger partial charge in [0.2, 0.25) is 0 Å². The molecule has 172 valence electrons. The van der Waals surface area contributed by atoms with Crippen LogP contribution < -0.4 is 0 Å². The lowest BCUT2D eigenvalue weighted by molar-refractivity contribution is 0.672. The van der Waals surface area contributed by atoms with Gasteiger partial charge in [0.1, 0.15) is 11.2 Å². The highest BCUT2D eigenvalue weighted by Gasteiger charge is 2.17. The van der Waals surface area contributed by atoms with E-state index in [0.717, 1.165) is 65.8 Å². The Bertz CT molecular complexity index is 2140. The highest BCUT2D eigenvalue weighted by Crippen LogP contribution is 2.39. The Morgan fingerprint density at radius 1 is 0.486 bits per heavy atom. The van der Waals surface area contributed by atoms with E-state index >= 15 is 0 Å². The van der Waals surface area contributed by atoms with Crippen LogP contribution in [0.4, 0.5) is 0 Å². The summed E-state index contributed by atoms with van der Waals surface area (Å²) in [7, 11) is 0. The third-order valence-electron chi connectivity index (χ3n) is 7.28. The van der Waals surface area contributed by atoms with Gasteiger partial charge in [0, 0.05) is 32.7 Å². The second-order valence-corrected chi connectivity index (χ2v) is 9.38. The van der Waals surface area contributed by atoms with E-state index in [4.69, 9.17) is 14.4 Å². The van der Waals surface area contributed by atoms with Gasteiger partial charge in [-0.25, -0.2) is 9.97 Å². The van der Waals surface area contributed by atoms with Crippen LogP contribution in [0.5, 0.6) is 0 Å². The molecule has 0 atom stereocenters. The summed E-state index contributed by atoms with van der Waals surface area (Å²) in [5, 5.41) is 7.81. The average Bonchev–Trinajstić information content (AvgIpc) is 3.36. The molecule has 0 bridgehead atoms. The van der Waals surface area contributed by atoms with Crippen LogP contribution in [0.3, 0.4) is 0 Å². The maximum Gasteiger partial charge on any atom is 0.161 e. The van der Waals surface area contributed by atoms with Crippen molar-refractivity contribution < 1.29 is 4.42 Å². The summed E-state index contributed by atoms with van der Waals surface area (Å²) in [5.41, 5.74) is 5.74. The molecule has 0 unspecified atom stereocenters. The number of benzene rings is 6. The molecule has 2 heterocycles. The molecule has 0 radical (unpaired) electrons. The molecule has 0 aliphatic rings. The largest absolute Gasteiger partial charge is 0.455 e. The van der Waals surface area contributed by atoms with Crippen molar-refractivity contribution in [3.63, 3.8) is 0 Å². The summed E-state index contributed by atoms with van der Waals surface area (Å²) in [6, 6.07) is 41.9. The van der Waals surface area contributed by atoms with Crippen LogP contribution >= 0.6 is 0 Å². The molecule has 0 amide bonds. The first-order chi connectivity index (χ1) is 18.3. The van der Waals surface area contributed by atoms with E-state index < -0.39 is 0 Å². The molecule has 0 aliphatic carbocycles. The zero-order valence-corrected chi connectivity index (χ0v) is 19.8. The molecule has 2 aromatic heterocycles. The predicted molar refractivity (Wildman–Crippen MR) is 153 cm³/mol. The van der Waals surface area contributed by atoms with Crippen molar-refractivity contribution in [3.8, 4) is 22.6 Å². The predicted octanol–water partition coefficient (Wildman–Crippen LogP) is 9.17. The molecule has 0 aliphatic heterocycles. The molecule has 0 fully saturated rings. The molecule has 0 saturated carbocycles. The molecular formula is C34H20N2O. The summed E-state index contributed by atoms with van der Waals surface area (Å²) in [6.45, 7) is 0. The van der Waals surface area contributed by atoms with Crippen molar-refractivity contribution in [3.05, 3.63) is 121 Å². The number of para-hydroxylation sites is 1.